The van der Waals surface area contributed by atoms with Crippen LogP contribution >= 0.6 is 0 Å². The van der Waals surface area contributed by atoms with Gasteiger partial charge in [0.2, 0.25) is 5.91 Å². The number of nitrogens with one attached hydrogen (secondary N) is 2. The summed E-state index contributed by atoms with van der Waals surface area (Å²) in [7, 11) is 1.71. The van der Waals surface area contributed by atoms with Crippen molar-refractivity contribution in [2.75, 3.05) is 7.05 Å². The van der Waals surface area contributed by atoms with Crippen LogP contribution in [0.25, 0.3) is 11.1 Å². The quantitative estimate of drug-likeness (QED) is 0.635. The predicted molar refractivity (Wildman–Crippen MR) is 107 cm³/mol. The Morgan fingerprint density at radius 1 is 0.926 bits per heavy atom. The Kier molecular flexibility index (Phi) is 7.55. The van der Waals surface area contributed by atoms with Gasteiger partial charge in [0.25, 0.3) is 0 Å². The van der Waals surface area contributed by atoms with E-state index < -0.39 is 18.1 Å². The number of rotatable bonds is 9. The number of carbonyl (C=O) groups is 2. The molecule has 2 aromatic carbocycles. The topological polar surface area (TPSA) is 78.4 Å². The number of carboxylic acids is 1. The maximum Gasteiger partial charge on any atom is 0.326 e. The molecule has 0 spiro atoms. The van der Waals surface area contributed by atoms with E-state index in [9.17, 15) is 14.7 Å². The van der Waals surface area contributed by atoms with Gasteiger partial charge >= 0.3 is 5.97 Å². The maximum absolute atomic E-state index is 12.5. The lowest BCUT2D eigenvalue weighted by atomic mass is 9.99. The zero-order valence-electron chi connectivity index (χ0n) is 16.1. The largest absolute Gasteiger partial charge is 0.480 e. The molecule has 1 amide bonds. The zero-order chi connectivity index (χ0) is 19.8. The second-order valence-corrected chi connectivity index (χ2v) is 7.14. The number of amides is 1. The summed E-state index contributed by atoms with van der Waals surface area (Å²) in [4.78, 5) is 23.9. The molecule has 2 atom stereocenters. The highest BCUT2D eigenvalue weighted by Crippen LogP contribution is 2.19. The summed E-state index contributed by atoms with van der Waals surface area (Å²) in [5, 5.41) is 15.0. The van der Waals surface area contributed by atoms with Crippen LogP contribution in [0.2, 0.25) is 0 Å². The van der Waals surface area contributed by atoms with Crippen LogP contribution in [-0.4, -0.2) is 36.1 Å². The Morgan fingerprint density at radius 2 is 1.52 bits per heavy atom. The van der Waals surface area contributed by atoms with E-state index in [1.54, 1.807) is 7.05 Å². The van der Waals surface area contributed by atoms with Crippen molar-refractivity contribution in [3.8, 4) is 11.1 Å². The minimum Gasteiger partial charge on any atom is -0.480 e. The molecule has 0 saturated heterocycles. The predicted octanol–water partition coefficient (Wildman–Crippen LogP) is 3.10. The number of aliphatic carboxylic acids is 1. The number of likely N-dealkylation sites (N-methyl/N-ethyl adjacent to an activating group) is 1. The molecule has 0 aliphatic rings. The van der Waals surface area contributed by atoms with Gasteiger partial charge in [-0.3, -0.25) is 4.79 Å². The third-order valence-corrected chi connectivity index (χ3v) is 4.49. The highest BCUT2D eigenvalue weighted by molar-refractivity contribution is 5.87. The standard InChI is InChI=1S/C22H28N2O3/c1-15(2)13-20(22(26)27)24-21(25)19(23-3)14-16-9-11-18(12-10-16)17-7-5-4-6-8-17/h4-12,15,19-20,23H,13-14H2,1-3H3,(H,24,25)(H,26,27)/t19-,20+/m0/s1. The molecule has 0 heterocycles. The number of hydrogen-bond donors (Lipinski definition) is 3. The molecule has 27 heavy (non-hydrogen) atoms. The summed E-state index contributed by atoms with van der Waals surface area (Å²) in [6.45, 7) is 3.87. The first-order valence-electron chi connectivity index (χ1n) is 9.25. The third kappa shape index (κ3) is 6.22. The highest BCUT2D eigenvalue weighted by Gasteiger charge is 2.25. The van der Waals surface area contributed by atoms with Gasteiger partial charge in [-0.05, 0) is 42.5 Å². The molecule has 5 heteroatoms. The van der Waals surface area contributed by atoms with E-state index in [1.807, 2.05) is 56.3 Å². The number of carbonyl (C=O) groups excluding carboxylic acids is 1. The van der Waals surface area contributed by atoms with Crippen LogP contribution in [0.3, 0.4) is 0 Å². The molecule has 0 fully saturated rings. The number of benzene rings is 2. The molecule has 0 bridgehead atoms. The summed E-state index contributed by atoms with van der Waals surface area (Å²) in [6.07, 6.45) is 0.898. The average Bonchev–Trinajstić information content (AvgIpc) is 2.66. The molecule has 144 valence electrons. The lowest BCUT2D eigenvalue weighted by Crippen LogP contribution is -2.50. The van der Waals surface area contributed by atoms with Crippen LogP contribution in [0.1, 0.15) is 25.8 Å². The molecule has 0 aliphatic heterocycles. The van der Waals surface area contributed by atoms with Gasteiger partial charge in [-0.15, -0.1) is 0 Å². The first-order valence-corrected chi connectivity index (χ1v) is 9.25. The minimum atomic E-state index is -1.00. The molecule has 0 unspecified atom stereocenters. The monoisotopic (exact) mass is 368 g/mol. The summed E-state index contributed by atoms with van der Waals surface area (Å²) < 4.78 is 0. The van der Waals surface area contributed by atoms with E-state index in [0.29, 0.717) is 12.8 Å². The van der Waals surface area contributed by atoms with Gasteiger partial charge in [-0.25, -0.2) is 4.79 Å². The van der Waals surface area contributed by atoms with Gasteiger partial charge in [0, 0.05) is 0 Å². The smallest absolute Gasteiger partial charge is 0.326 e. The van der Waals surface area contributed by atoms with E-state index in [2.05, 4.69) is 22.8 Å². The Labute approximate surface area is 160 Å². The first kappa shape index (κ1) is 20.6. The first-order chi connectivity index (χ1) is 12.9. The SMILES string of the molecule is CN[C@@H](Cc1ccc(-c2ccccc2)cc1)C(=O)N[C@H](CC(C)C)C(=O)O. The van der Waals surface area contributed by atoms with Crippen LogP contribution in [0, 0.1) is 5.92 Å². The van der Waals surface area contributed by atoms with Crippen LogP contribution in [0.4, 0.5) is 0 Å². The molecule has 2 aromatic rings. The Balaban J connectivity index is 2.03. The van der Waals surface area contributed by atoms with Crippen molar-refractivity contribution in [3.05, 3.63) is 60.2 Å². The summed E-state index contributed by atoms with van der Waals surface area (Å²) in [5.74, 6) is -1.11. The van der Waals surface area contributed by atoms with Crippen molar-refractivity contribution in [3.63, 3.8) is 0 Å². The third-order valence-electron chi connectivity index (χ3n) is 4.49. The van der Waals surface area contributed by atoms with Gasteiger partial charge in [0.05, 0.1) is 6.04 Å². The zero-order valence-corrected chi connectivity index (χ0v) is 16.1. The van der Waals surface area contributed by atoms with Gasteiger partial charge in [0.1, 0.15) is 6.04 Å². The average molecular weight is 368 g/mol. The molecule has 0 aromatic heterocycles. The van der Waals surface area contributed by atoms with Crippen molar-refractivity contribution in [1.29, 1.82) is 0 Å². The van der Waals surface area contributed by atoms with E-state index in [0.717, 1.165) is 16.7 Å². The molecule has 5 nitrogen and oxygen atoms in total. The number of hydrogen-bond acceptors (Lipinski definition) is 3. The normalized spacial score (nSPS) is 13.2. The van der Waals surface area contributed by atoms with Crippen molar-refractivity contribution < 1.29 is 14.7 Å². The maximum atomic E-state index is 12.5. The van der Waals surface area contributed by atoms with Crippen LogP contribution < -0.4 is 10.6 Å². The van der Waals surface area contributed by atoms with E-state index >= 15 is 0 Å². The molecular formula is C22H28N2O3. The van der Waals surface area contributed by atoms with Crippen molar-refractivity contribution in [2.45, 2.75) is 38.8 Å². The molecule has 0 saturated carbocycles. The summed E-state index contributed by atoms with van der Waals surface area (Å²) in [6, 6.07) is 16.8. The fourth-order valence-electron chi connectivity index (χ4n) is 2.99. The van der Waals surface area contributed by atoms with E-state index in [-0.39, 0.29) is 11.8 Å². The molecular weight excluding hydrogens is 340 g/mol. The lowest BCUT2D eigenvalue weighted by Gasteiger charge is -2.21. The Bertz CT molecular complexity index is 742. The van der Waals surface area contributed by atoms with Crippen LogP contribution in [0.5, 0.6) is 0 Å². The van der Waals surface area contributed by atoms with Gasteiger partial charge in [-0.1, -0.05) is 68.4 Å². The van der Waals surface area contributed by atoms with Gasteiger partial charge in [0.15, 0.2) is 0 Å². The summed E-state index contributed by atoms with van der Waals surface area (Å²) in [5.41, 5.74) is 3.28. The van der Waals surface area contributed by atoms with Gasteiger partial charge in [-0.2, -0.15) is 0 Å². The fourth-order valence-corrected chi connectivity index (χ4v) is 2.99. The Morgan fingerprint density at radius 3 is 2.04 bits per heavy atom. The van der Waals surface area contributed by atoms with E-state index in [4.69, 9.17) is 0 Å². The van der Waals surface area contributed by atoms with Gasteiger partial charge < -0.3 is 15.7 Å². The molecule has 2 rings (SSSR count). The molecule has 3 N–H and O–H groups in total. The fraction of sp³-hybridized carbons (Fsp3) is 0.364. The second-order valence-electron chi connectivity index (χ2n) is 7.14. The van der Waals surface area contributed by atoms with Crippen molar-refractivity contribution >= 4 is 11.9 Å². The van der Waals surface area contributed by atoms with Crippen molar-refractivity contribution in [2.24, 2.45) is 5.92 Å². The molecule has 0 radical (unpaired) electrons. The lowest BCUT2D eigenvalue weighted by molar-refractivity contribution is -0.142. The second kappa shape index (κ2) is 9.88. The van der Waals surface area contributed by atoms with Crippen molar-refractivity contribution in [1.82, 2.24) is 10.6 Å². The van der Waals surface area contributed by atoms with E-state index in [1.165, 1.54) is 0 Å². The Hall–Kier alpha value is -2.66. The van der Waals surface area contributed by atoms with Crippen LogP contribution in [-0.2, 0) is 16.0 Å². The molecule has 0 aliphatic carbocycles. The van der Waals surface area contributed by atoms with Crippen LogP contribution in [0.15, 0.2) is 54.6 Å². The summed E-state index contributed by atoms with van der Waals surface area (Å²) >= 11 is 0. The number of carboxylic acid groups (broad SMARTS) is 1. The highest BCUT2D eigenvalue weighted by atomic mass is 16.4. The minimum absolute atomic E-state index is 0.185.